The molecule has 1 heteroatoms. The van der Waals surface area contributed by atoms with Gasteiger partial charge < -0.3 is 0 Å². The van der Waals surface area contributed by atoms with Gasteiger partial charge in [0.25, 0.3) is 0 Å². The Labute approximate surface area is 106 Å². The van der Waals surface area contributed by atoms with E-state index < -0.39 is 0 Å². The van der Waals surface area contributed by atoms with Crippen molar-refractivity contribution in [2.24, 2.45) is 29.1 Å². The van der Waals surface area contributed by atoms with Gasteiger partial charge in [-0.1, -0.05) is 26.2 Å². The first-order chi connectivity index (χ1) is 8.21. The van der Waals surface area contributed by atoms with Crippen molar-refractivity contribution >= 4 is 0 Å². The molecule has 0 aromatic rings. The molecule has 0 aliphatic heterocycles. The lowest BCUT2D eigenvalue weighted by Crippen LogP contribution is -2.30. The third kappa shape index (κ3) is 2.12. The molecule has 1 nitrogen and oxygen atoms in total. The second kappa shape index (κ2) is 4.30. The van der Waals surface area contributed by atoms with E-state index in [0.717, 1.165) is 23.7 Å². The molecular weight excluding hydrogens is 206 g/mol. The van der Waals surface area contributed by atoms with Gasteiger partial charge in [-0.3, -0.25) is 0 Å². The summed E-state index contributed by atoms with van der Waals surface area (Å²) in [5.41, 5.74) is 0.0623. The SMILES string of the molecule is CC1CCCC(C#N)(CC2CC3CCC2C3)C1. The summed E-state index contributed by atoms with van der Waals surface area (Å²) in [6, 6.07) is 2.73. The van der Waals surface area contributed by atoms with E-state index in [0.29, 0.717) is 0 Å². The fourth-order valence-corrected chi connectivity index (χ4v) is 5.12. The van der Waals surface area contributed by atoms with Crippen LogP contribution in [0.4, 0.5) is 0 Å². The van der Waals surface area contributed by atoms with Crippen molar-refractivity contribution in [3.05, 3.63) is 0 Å². The molecule has 5 unspecified atom stereocenters. The lowest BCUT2D eigenvalue weighted by atomic mass is 9.65. The van der Waals surface area contributed by atoms with Crippen molar-refractivity contribution in [2.45, 2.75) is 64.7 Å². The van der Waals surface area contributed by atoms with Gasteiger partial charge in [0, 0.05) is 0 Å². The highest BCUT2D eigenvalue weighted by Crippen LogP contribution is 2.54. The molecule has 0 amide bonds. The standard InChI is InChI=1S/C16H25N/c1-12-3-2-6-16(9-12,11-17)10-15-8-13-4-5-14(15)7-13/h12-15H,2-10H2,1H3. The van der Waals surface area contributed by atoms with E-state index in [9.17, 15) is 5.26 Å². The molecule has 3 saturated carbocycles. The van der Waals surface area contributed by atoms with Crippen LogP contribution in [0.5, 0.6) is 0 Å². The maximum atomic E-state index is 9.64. The summed E-state index contributed by atoms with van der Waals surface area (Å²) in [5.74, 6) is 3.70. The summed E-state index contributed by atoms with van der Waals surface area (Å²) >= 11 is 0. The van der Waals surface area contributed by atoms with Crippen LogP contribution < -0.4 is 0 Å². The highest BCUT2D eigenvalue weighted by molar-refractivity contribution is 5.05. The van der Waals surface area contributed by atoms with E-state index in [1.807, 2.05) is 0 Å². The summed E-state index contributed by atoms with van der Waals surface area (Å²) in [5, 5.41) is 9.64. The molecule has 0 heterocycles. The van der Waals surface area contributed by atoms with Gasteiger partial charge in [0.2, 0.25) is 0 Å². The molecule has 0 spiro atoms. The van der Waals surface area contributed by atoms with Gasteiger partial charge in [0.15, 0.2) is 0 Å². The van der Waals surface area contributed by atoms with Crippen molar-refractivity contribution in [3.8, 4) is 6.07 Å². The number of nitrogens with zero attached hydrogens (tertiary/aromatic N) is 1. The third-order valence-electron chi connectivity index (χ3n) is 5.87. The van der Waals surface area contributed by atoms with Gasteiger partial charge in [-0.25, -0.2) is 0 Å². The molecule has 3 rings (SSSR count). The van der Waals surface area contributed by atoms with Gasteiger partial charge in [-0.15, -0.1) is 0 Å². The minimum atomic E-state index is 0.0623. The Morgan fingerprint density at radius 3 is 2.71 bits per heavy atom. The number of rotatable bonds is 2. The molecule has 3 aliphatic carbocycles. The molecular formula is C16H25N. The topological polar surface area (TPSA) is 23.8 Å². The molecule has 0 saturated heterocycles. The molecule has 2 bridgehead atoms. The van der Waals surface area contributed by atoms with Crippen LogP contribution in [0.25, 0.3) is 0 Å². The van der Waals surface area contributed by atoms with Gasteiger partial charge in [-0.2, -0.15) is 5.26 Å². The van der Waals surface area contributed by atoms with Crippen LogP contribution in [-0.2, 0) is 0 Å². The third-order valence-corrected chi connectivity index (χ3v) is 5.87. The van der Waals surface area contributed by atoms with Gasteiger partial charge in [0.1, 0.15) is 0 Å². The Morgan fingerprint density at radius 2 is 2.12 bits per heavy atom. The first-order valence-electron chi connectivity index (χ1n) is 7.62. The summed E-state index contributed by atoms with van der Waals surface area (Å²) in [4.78, 5) is 0. The zero-order valence-electron chi connectivity index (χ0n) is 11.1. The van der Waals surface area contributed by atoms with E-state index >= 15 is 0 Å². The molecule has 0 aromatic heterocycles. The smallest absolute Gasteiger partial charge is 0.0689 e. The van der Waals surface area contributed by atoms with E-state index in [1.165, 1.54) is 57.8 Å². The van der Waals surface area contributed by atoms with E-state index in [-0.39, 0.29) is 5.41 Å². The minimum Gasteiger partial charge on any atom is -0.198 e. The molecule has 0 N–H and O–H groups in total. The molecule has 94 valence electrons. The van der Waals surface area contributed by atoms with Crippen LogP contribution in [-0.4, -0.2) is 0 Å². The van der Waals surface area contributed by atoms with Crippen LogP contribution >= 0.6 is 0 Å². The Morgan fingerprint density at radius 1 is 1.24 bits per heavy atom. The van der Waals surface area contributed by atoms with Crippen molar-refractivity contribution < 1.29 is 0 Å². The van der Waals surface area contributed by atoms with Gasteiger partial charge >= 0.3 is 0 Å². The Balaban J connectivity index is 1.68. The average Bonchev–Trinajstić information content (AvgIpc) is 2.91. The van der Waals surface area contributed by atoms with E-state index in [4.69, 9.17) is 0 Å². The molecule has 3 aliphatic rings. The monoisotopic (exact) mass is 231 g/mol. The average molecular weight is 231 g/mol. The van der Waals surface area contributed by atoms with Crippen molar-refractivity contribution in [1.29, 1.82) is 5.26 Å². The zero-order chi connectivity index (χ0) is 11.9. The van der Waals surface area contributed by atoms with Crippen LogP contribution in [0.3, 0.4) is 0 Å². The fraction of sp³-hybridized carbons (Fsp3) is 0.938. The quantitative estimate of drug-likeness (QED) is 0.685. The van der Waals surface area contributed by atoms with Crippen LogP contribution in [0.1, 0.15) is 64.7 Å². The highest BCUT2D eigenvalue weighted by atomic mass is 14.5. The maximum absolute atomic E-state index is 9.64. The molecule has 5 atom stereocenters. The highest BCUT2D eigenvalue weighted by Gasteiger charge is 2.45. The minimum absolute atomic E-state index is 0.0623. The van der Waals surface area contributed by atoms with Crippen LogP contribution in [0, 0.1) is 40.4 Å². The summed E-state index contributed by atoms with van der Waals surface area (Å²) in [6.45, 7) is 2.34. The number of fused-ring (bicyclic) bond motifs is 2. The summed E-state index contributed by atoms with van der Waals surface area (Å²) in [7, 11) is 0. The number of hydrogen-bond donors (Lipinski definition) is 0. The van der Waals surface area contributed by atoms with Gasteiger partial charge in [0.05, 0.1) is 11.5 Å². The zero-order valence-corrected chi connectivity index (χ0v) is 11.1. The maximum Gasteiger partial charge on any atom is 0.0689 e. The molecule has 0 aromatic carbocycles. The number of hydrogen-bond acceptors (Lipinski definition) is 1. The molecule has 3 fully saturated rings. The largest absolute Gasteiger partial charge is 0.198 e. The molecule has 17 heavy (non-hydrogen) atoms. The van der Waals surface area contributed by atoms with Crippen LogP contribution in [0.2, 0.25) is 0 Å². The van der Waals surface area contributed by atoms with Gasteiger partial charge in [-0.05, 0) is 62.2 Å². The fourth-order valence-electron chi connectivity index (χ4n) is 5.12. The first-order valence-corrected chi connectivity index (χ1v) is 7.62. The first kappa shape index (κ1) is 11.6. The predicted molar refractivity (Wildman–Crippen MR) is 69.2 cm³/mol. The normalized spacial score (nSPS) is 49.2. The van der Waals surface area contributed by atoms with Crippen LogP contribution in [0.15, 0.2) is 0 Å². The van der Waals surface area contributed by atoms with Crippen molar-refractivity contribution in [1.82, 2.24) is 0 Å². The second-order valence-corrected chi connectivity index (χ2v) is 7.23. The Bertz CT molecular complexity index is 329. The Kier molecular flexibility index (Phi) is 2.93. The van der Waals surface area contributed by atoms with E-state index in [2.05, 4.69) is 13.0 Å². The van der Waals surface area contributed by atoms with E-state index in [1.54, 1.807) is 0 Å². The molecule has 0 radical (unpaired) electrons. The predicted octanol–water partition coefficient (Wildman–Crippen LogP) is 4.53. The Hall–Kier alpha value is -0.510. The second-order valence-electron chi connectivity index (χ2n) is 7.23. The number of nitriles is 1. The van der Waals surface area contributed by atoms with Crippen molar-refractivity contribution in [2.75, 3.05) is 0 Å². The lowest BCUT2D eigenvalue weighted by molar-refractivity contribution is 0.144. The lowest BCUT2D eigenvalue weighted by Gasteiger charge is -2.38. The summed E-state index contributed by atoms with van der Waals surface area (Å²) in [6.07, 6.45) is 12.1. The summed E-state index contributed by atoms with van der Waals surface area (Å²) < 4.78 is 0. The van der Waals surface area contributed by atoms with Crippen molar-refractivity contribution in [3.63, 3.8) is 0 Å².